The molecule has 1 aliphatic heterocycles. The molecule has 1 aromatic heterocycles. The van der Waals surface area contributed by atoms with E-state index in [1.165, 1.54) is 0 Å². The van der Waals surface area contributed by atoms with Crippen molar-refractivity contribution >= 4 is 28.5 Å². The van der Waals surface area contributed by atoms with Crippen molar-refractivity contribution in [3.8, 4) is 0 Å². The number of ketones is 1. The van der Waals surface area contributed by atoms with Crippen LogP contribution in [0.25, 0.3) is 10.9 Å². The van der Waals surface area contributed by atoms with E-state index in [1.807, 2.05) is 43.3 Å². The fraction of sp³-hybridized carbons (Fsp3) is 0.316. The minimum Gasteiger partial charge on any atom is -0.358 e. The molecule has 2 atom stereocenters. The summed E-state index contributed by atoms with van der Waals surface area (Å²) < 4.78 is 0. The lowest BCUT2D eigenvalue weighted by molar-refractivity contribution is -0.139. The number of hydrogen-bond acceptors (Lipinski definition) is 3. The van der Waals surface area contributed by atoms with Gasteiger partial charge < -0.3 is 4.98 Å². The second-order valence-corrected chi connectivity index (χ2v) is 6.51. The number of para-hydroxylation sites is 1. The third-order valence-electron chi connectivity index (χ3n) is 5.07. The number of carbonyl (C=O) groups excluding carboxylic acids is 3. The molecule has 2 heterocycles. The summed E-state index contributed by atoms with van der Waals surface area (Å²) in [5, 5.41) is 0.832. The summed E-state index contributed by atoms with van der Waals surface area (Å²) in [5.74, 6) is -1.20. The van der Waals surface area contributed by atoms with Crippen LogP contribution < -0.4 is 0 Å². The molecule has 0 saturated carbocycles. The standard InChI is InChI=1S/C19H18N2O3/c1-11-17(14-8-4-5-9-15(14)20-11)16(22)10-21-18(23)12-6-2-3-7-13(12)19(21)24/h2-5,8-9,12-13,20H,6-7,10H2,1H3/t12-,13+. The number of fused-ring (bicyclic) bond motifs is 2. The van der Waals surface area contributed by atoms with Gasteiger partial charge in [0.15, 0.2) is 5.78 Å². The molecule has 1 fully saturated rings. The van der Waals surface area contributed by atoms with E-state index < -0.39 is 0 Å². The van der Waals surface area contributed by atoms with E-state index in [0.29, 0.717) is 18.4 Å². The maximum absolute atomic E-state index is 12.8. The summed E-state index contributed by atoms with van der Waals surface area (Å²) in [5.41, 5.74) is 2.22. The zero-order valence-corrected chi connectivity index (χ0v) is 13.4. The van der Waals surface area contributed by atoms with E-state index in [2.05, 4.69) is 4.98 Å². The molecule has 122 valence electrons. The van der Waals surface area contributed by atoms with Crippen LogP contribution in [0.3, 0.4) is 0 Å². The second kappa shape index (κ2) is 5.44. The molecular formula is C19H18N2O3. The Morgan fingerprint density at radius 3 is 2.42 bits per heavy atom. The van der Waals surface area contributed by atoms with Gasteiger partial charge in [0.25, 0.3) is 0 Å². The van der Waals surface area contributed by atoms with Crippen molar-refractivity contribution in [1.82, 2.24) is 9.88 Å². The second-order valence-electron chi connectivity index (χ2n) is 6.51. The van der Waals surface area contributed by atoms with Gasteiger partial charge in [0.2, 0.25) is 11.8 Å². The van der Waals surface area contributed by atoms with Gasteiger partial charge in [-0.1, -0.05) is 30.4 Å². The maximum Gasteiger partial charge on any atom is 0.233 e. The van der Waals surface area contributed by atoms with E-state index in [-0.39, 0.29) is 36.0 Å². The van der Waals surface area contributed by atoms with Crippen molar-refractivity contribution < 1.29 is 14.4 Å². The van der Waals surface area contributed by atoms with Crippen LogP contribution in [-0.2, 0) is 9.59 Å². The van der Waals surface area contributed by atoms with Crippen molar-refractivity contribution in [1.29, 1.82) is 0 Å². The Kier molecular flexibility index (Phi) is 3.37. The van der Waals surface area contributed by atoms with Gasteiger partial charge in [0.1, 0.15) is 0 Å². The molecule has 1 aliphatic carbocycles. The predicted octanol–water partition coefficient (Wildman–Crippen LogP) is 2.61. The molecule has 1 aromatic carbocycles. The number of likely N-dealkylation sites (tertiary alicyclic amines) is 1. The van der Waals surface area contributed by atoms with Crippen LogP contribution in [0, 0.1) is 18.8 Å². The number of nitrogens with one attached hydrogen (secondary N) is 1. The lowest BCUT2D eigenvalue weighted by atomic mass is 9.85. The average molecular weight is 322 g/mol. The monoisotopic (exact) mass is 322 g/mol. The highest BCUT2D eigenvalue weighted by Crippen LogP contribution is 2.35. The third kappa shape index (κ3) is 2.12. The Hall–Kier alpha value is -2.69. The molecule has 0 radical (unpaired) electrons. The first-order chi connectivity index (χ1) is 11.6. The zero-order chi connectivity index (χ0) is 16.8. The number of hydrogen-bond donors (Lipinski definition) is 1. The van der Waals surface area contributed by atoms with Gasteiger partial charge in [-0.25, -0.2) is 0 Å². The van der Waals surface area contributed by atoms with E-state index >= 15 is 0 Å². The molecule has 1 saturated heterocycles. The van der Waals surface area contributed by atoms with Gasteiger partial charge in [-0.15, -0.1) is 0 Å². The number of carbonyl (C=O) groups is 3. The summed E-state index contributed by atoms with van der Waals surface area (Å²) >= 11 is 0. The van der Waals surface area contributed by atoms with Crippen LogP contribution >= 0.6 is 0 Å². The van der Waals surface area contributed by atoms with Crippen molar-refractivity contribution in [2.75, 3.05) is 6.54 Å². The van der Waals surface area contributed by atoms with Crippen molar-refractivity contribution in [3.05, 3.63) is 47.7 Å². The minimum atomic E-state index is -0.292. The molecule has 0 unspecified atom stereocenters. The van der Waals surface area contributed by atoms with Crippen LogP contribution in [0.2, 0.25) is 0 Å². The lowest BCUT2D eigenvalue weighted by Crippen LogP contribution is -2.36. The highest BCUT2D eigenvalue weighted by atomic mass is 16.2. The lowest BCUT2D eigenvalue weighted by Gasteiger charge is -2.14. The summed E-state index contributed by atoms with van der Waals surface area (Å²) in [7, 11) is 0. The number of H-pyrrole nitrogens is 1. The SMILES string of the molecule is Cc1[nH]c2ccccc2c1C(=O)CN1C(=O)[C@H]2CC=CC[C@H]2C1=O. The van der Waals surface area contributed by atoms with Crippen LogP contribution in [-0.4, -0.2) is 34.0 Å². The zero-order valence-electron chi connectivity index (χ0n) is 13.4. The number of aromatic amines is 1. The number of benzene rings is 1. The highest BCUT2D eigenvalue weighted by Gasteiger charge is 2.47. The van der Waals surface area contributed by atoms with Crippen molar-refractivity contribution in [3.63, 3.8) is 0 Å². The maximum atomic E-state index is 12.8. The Bertz CT molecular complexity index is 867. The average Bonchev–Trinajstić information content (AvgIpc) is 3.04. The van der Waals surface area contributed by atoms with E-state index in [0.717, 1.165) is 21.5 Å². The molecule has 0 bridgehead atoms. The van der Waals surface area contributed by atoms with Crippen LogP contribution in [0.1, 0.15) is 28.9 Å². The highest BCUT2D eigenvalue weighted by molar-refractivity contribution is 6.14. The van der Waals surface area contributed by atoms with Crippen molar-refractivity contribution in [2.24, 2.45) is 11.8 Å². The molecule has 2 aliphatic rings. The first-order valence-electron chi connectivity index (χ1n) is 8.18. The Labute approximate surface area is 139 Å². The fourth-order valence-electron chi connectivity index (χ4n) is 3.88. The van der Waals surface area contributed by atoms with Crippen LogP contribution in [0.15, 0.2) is 36.4 Å². The van der Waals surface area contributed by atoms with Gasteiger partial charge >= 0.3 is 0 Å². The molecule has 5 nitrogen and oxygen atoms in total. The molecule has 2 aromatic rings. The Morgan fingerprint density at radius 1 is 1.12 bits per heavy atom. The molecule has 0 spiro atoms. The van der Waals surface area contributed by atoms with Crippen LogP contribution in [0.5, 0.6) is 0 Å². The van der Waals surface area contributed by atoms with E-state index in [4.69, 9.17) is 0 Å². The Morgan fingerprint density at radius 2 is 1.75 bits per heavy atom. The fourth-order valence-corrected chi connectivity index (χ4v) is 3.88. The number of imide groups is 1. The summed E-state index contributed by atoms with van der Waals surface area (Å²) in [6.45, 7) is 1.66. The Balaban J connectivity index is 1.63. The van der Waals surface area contributed by atoms with E-state index in [9.17, 15) is 14.4 Å². The number of rotatable bonds is 3. The summed E-state index contributed by atoms with van der Waals surface area (Å²) in [6, 6.07) is 7.56. The predicted molar refractivity (Wildman–Crippen MR) is 89.4 cm³/mol. The third-order valence-corrected chi connectivity index (χ3v) is 5.07. The molecule has 24 heavy (non-hydrogen) atoms. The van der Waals surface area contributed by atoms with Gasteiger partial charge in [-0.2, -0.15) is 0 Å². The molecule has 1 N–H and O–H groups in total. The largest absolute Gasteiger partial charge is 0.358 e. The number of allylic oxidation sites excluding steroid dienone is 2. The number of aryl methyl sites for hydroxylation is 1. The van der Waals surface area contributed by atoms with E-state index in [1.54, 1.807) is 0 Å². The summed E-state index contributed by atoms with van der Waals surface area (Å²) in [6.07, 6.45) is 5.07. The minimum absolute atomic E-state index is 0.173. The molecular weight excluding hydrogens is 304 g/mol. The topological polar surface area (TPSA) is 70.2 Å². The quantitative estimate of drug-likeness (QED) is 0.536. The van der Waals surface area contributed by atoms with Gasteiger partial charge in [0, 0.05) is 22.2 Å². The summed E-state index contributed by atoms with van der Waals surface area (Å²) in [4.78, 5) is 42.2. The van der Waals surface area contributed by atoms with Crippen LogP contribution in [0.4, 0.5) is 0 Å². The first kappa shape index (κ1) is 14.9. The first-order valence-corrected chi connectivity index (χ1v) is 8.18. The molecule has 2 amide bonds. The normalized spacial score (nSPS) is 23.1. The number of aromatic nitrogens is 1. The van der Waals surface area contributed by atoms with Gasteiger partial charge in [-0.3, -0.25) is 19.3 Å². The van der Waals surface area contributed by atoms with Crippen molar-refractivity contribution in [2.45, 2.75) is 19.8 Å². The van der Waals surface area contributed by atoms with Gasteiger partial charge in [0.05, 0.1) is 18.4 Å². The molecule has 5 heteroatoms. The molecule has 4 rings (SSSR count). The number of amides is 2. The smallest absolute Gasteiger partial charge is 0.233 e. The van der Waals surface area contributed by atoms with Gasteiger partial charge in [-0.05, 0) is 25.8 Å². The number of nitrogens with zero attached hydrogens (tertiary/aromatic N) is 1. The number of Topliss-reactive ketones (excluding diaryl/α,β-unsaturated/α-hetero) is 1.